The van der Waals surface area contributed by atoms with Crippen LogP contribution in [0.15, 0.2) is 29.3 Å². The Labute approximate surface area is 122 Å². The van der Waals surface area contributed by atoms with E-state index >= 15 is 0 Å². The molecule has 0 heterocycles. The van der Waals surface area contributed by atoms with Crippen LogP contribution in [0.5, 0.6) is 0 Å². The van der Waals surface area contributed by atoms with E-state index in [2.05, 4.69) is 67.6 Å². The first-order chi connectivity index (χ1) is 9.44. The topological polar surface area (TPSA) is 45.7 Å². The second kappa shape index (κ2) is 7.90. The van der Waals surface area contributed by atoms with E-state index < -0.39 is 0 Å². The summed E-state index contributed by atoms with van der Waals surface area (Å²) < 4.78 is 5.11. The molecule has 0 aliphatic rings. The van der Waals surface area contributed by atoms with E-state index in [1.54, 1.807) is 7.11 Å². The smallest absolute Gasteiger partial charge is 0.191 e. The van der Waals surface area contributed by atoms with Gasteiger partial charge < -0.3 is 15.4 Å². The van der Waals surface area contributed by atoms with E-state index in [1.807, 2.05) is 0 Å². The van der Waals surface area contributed by atoms with Crippen LogP contribution in [-0.2, 0) is 17.9 Å². The number of hydrogen-bond acceptors (Lipinski definition) is 2. The molecular weight excluding hydrogens is 250 g/mol. The Morgan fingerprint density at radius 1 is 1.15 bits per heavy atom. The molecule has 0 unspecified atom stereocenters. The summed E-state index contributed by atoms with van der Waals surface area (Å²) in [4.78, 5) is 4.61. The lowest BCUT2D eigenvalue weighted by molar-refractivity contribution is 0.185. The minimum atomic E-state index is 0.00330. The highest BCUT2D eigenvalue weighted by molar-refractivity contribution is 5.80. The Kier molecular flexibility index (Phi) is 6.52. The normalized spacial score (nSPS) is 12.3. The third kappa shape index (κ3) is 6.57. The fourth-order valence-corrected chi connectivity index (χ4v) is 1.74. The van der Waals surface area contributed by atoms with Crippen molar-refractivity contribution in [2.24, 2.45) is 4.99 Å². The van der Waals surface area contributed by atoms with Gasteiger partial charge in [-0.15, -0.1) is 0 Å². The van der Waals surface area contributed by atoms with Crippen LogP contribution in [0.25, 0.3) is 0 Å². The quantitative estimate of drug-likeness (QED) is 0.642. The van der Waals surface area contributed by atoms with Gasteiger partial charge in [0.15, 0.2) is 5.96 Å². The van der Waals surface area contributed by atoms with Gasteiger partial charge >= 0.3 is 0 Å². The van der Waals surface area contributed by atoms with E-state index in [9.17, 15) is 0 Å². The van der Waals surface area contributed by atoms with E-state index in [4.69, 9.17) is 4.74 Å². The minimum absolute atomic E-state index is 0.00330. The predicted molar refractivity (Wildman–Crippen MR) is 84.9 cm³/mol. The summed E-state index contributed by atoms with van der Waals surface area (Å²) in [5.41, 5.74) is 2.37. The second-order valence-electron chi connectivity index (χ2n) is 5.82. The van der Waals surface area contributed by atoms with Crippen LogP contribution in [0.4, 0.5) is 0 Å². The fourth-order valence-electron chi connectivity index (χ4n) is 1.74. The lowest BCUT2D eigenvalue weighted by Gasteiger charge is -2.23. The van der Waals surface area contributed by atoms with Crippen LogP contribution < -0.4 is 10.6 Å². The highest BCUT2D eigenvalue weighted by atomic mass is 16.5. The zero-order valence-corrected chi connectivity index (χ0v) is 13.3. The molecule has 0 fully saturated rings. The van der Waals surface area contributed by atoms with Crippen molar-refractivity contribution in [3.05, 3.63) is 35.4 Å². The van der Waals surface area contributed by atoms with Crippen LogP contribution in [-0.4, -0.2) is 25.2 Å². The highest BCUT2D eigenvalue weighted by Gasteiger charge is 2.11. The van der Waals surface area contributed by atoms with E-state index in [-0.39, 0.29) is 5.54 Å². The number of rotatable bonds is 5. The van der Waals surface area contributed by atoms with Crippen molar-refractivity contribution in [3.63, 3.8) is 0 Å². The van der Waals surface area contributed by atoms with Crippen molar-refractivity contribution >= 4 is 5.96 Å². The van der Waals surface area contributed by atoms with Crippen LogP contribution in [0.1, 0.15) is 38.8 Å². The summed E-state index contributed by atoms with van der Waals surface area (Å²) in [6, 6.07) is 8.36. The zero-order valence-electron chi connectivity index (χ0n) is 13.3. The molecule has 20 heavy (non-hydrogen) atoms. The Morgan fingerprint density at radius 3 is 2.25 bits per heavy atom. The molecule has 0 amide bonds. The first-order valence-corrected chi connectivity index (χ1v) is 7.08. The minimum Gasteiger partial charge on any atom is -0.380 e. The average molecular weight is 277 g/mol. The summed E-state index contributed by atoms with van der Waals surface area (Å²) in [5, 5.41) is 6.64. The monoisotopic (exact) mass is 277 g/mol. The van der Waals surface area contributed by atoms with E-state index in [0.29, 0.717) is 13.2 Å². The molecular formula is C16H27N3O. The maximum absolute atomic E-state index is 5.11. The molecule has 4 heteroatoms. The van der Waals surface area contributed by atoms with Gasteiger partial charge in [0.1, 0.15) is 0 Å². The van der Waals surface area contributed by atoms with Gasteiger partial charge in [0, 0.05) is 19.2 Å². The fraction of sp³-hybridized carbons (Fsp3) is 0.562. The lowest BCUT2D eigenvalue weighted by atomic mass is 10.1. The van der Waals surface area contributed by atoms with Crippen molar-refractivity contribution in [1.82, 2.24) is 10.6 Å². The number of aliphatic imine (C=N–C) groups is 1. The Morgan fingerprint density at radius 2 is 1.75 bits per heavy atom. The average Bonchev–Trinajstić information content (AvgIpc) is 2.36. The van der Waals surface area contributed by atoms with Crippen LogP contribution in [0.3, 0.4) is 0 Å². The molecule has 0 atom stereocenters. The number of hydrogen-bond donors (Lipinski definition) is 2. The molecule has 0 spiro atoms. The largest absolute Gasteiger partial charge is 0.380 e. The first kappa shape index (κ1) is 16.5. The molecule has 112 valence electrons. The predicted octanol–water partition coefficient (Wildman–Crippen LogP) is 2.69. The van der Waals surface area contributed by atoms with Crippen molar-refractivity contribution in [1.29, 1.82) is 0 Å². The molecule has 1 aromatic rings. The summed E-state index contributed by atoms with van der Waals surface area (Å²) in [7, 11) is 1.71. The third-order valence-electron chi connectivity index (χ3n) is 2.59. The number of methoxy groups -OCH3 is 1. The molecule has 1 rings (SSSR count). The molecule has 0 radical (unpaired) electrons. The zero-order chi connectivity index (χ0) is 15.0. The van der Waals surface area contributed by atoms with Gasteiger partial charge in [-0.1, -0.05) is 24.3 Å². The highest BCUT2D eigenvalue weighted by Crippen LogP contribution is 2.07. The lowest BCUT2D eigenvalue weighted by Crippen LogP contribution is -2.47. The van der Waals surface area contributed by atoms with Crippen molar-refractivity contribution < 1.29 is 4.74 Å². The maximum Gasteiger partial charge on any atom is 0.191 e. The SMILES string of the molecule is CCNC(=NCc1ccc(COC)cc1)NC(C)(C)C. The van der Waals surface area contributed by atoms with Crippen molar-refractivity contribution in [2.45, 2.75) is 46.4 Å². The van der Waals surface area contributed by atoms with Gasteiger partial charge in [-0.05, 0) is 38.8 Å². The molecule has 2 N–H and O–H groups in total. The van der Waals surface area contributed by atoms with Gasteiger partial charge in [0.05, 0.1) is 13.2 Å². The molecule has 0 saturated carbocycles. The number of ether oxygens (including phenoxy) is 1. The Hall–Kier alpha value is -1.55. The molecule has 1 aromatic carbocycles. The number of nitrogens with one attached hydrogen (secondary N) is 2. The summed E-state index contributed by atoms with van der Waals surface area (Å²) in [6.45, 7) is 10.6. The van der Waals surface area contributed by atoms with E-state index in [1.165, 1.54) is 11.1 Å². The maximum atomic E-state index is 5.11. The molecule has 0 aliphatic carbocycles. The molecule has 0 aromatic heterocycles. The molecule has 0 bridgehead atoms. The Balaban J connectivity index is 2.66. The first-order valence-electron chi connectivity index (χ1n) is 7.08. The summed E-state index contributed by atoms with van der Waals surface area (Å²) >= 11 is 0. The summed E-state index contributed by atoms with van der Waals surface area (Å²) in [5.74, 6) is 0.848. The standard InChI is InChI=1S/C16H27N3O/c1-6-17-15(19-16(2,3)4)18-11-13-7-9-14(10-8-13)12-20-5/h7-10H,6,11-12H2,1-5H3,(H2,17,18,19). The van der Waals surface area contributed by atoms with Crippen LogP contribution in [0.2, 0.25) is 0 Å². The van der Waals surface area contributed by atoms with Crippen molar-refractivity contribution in [3.8, 4) is 0 Å². The number of nitrogens with zero attached hydrogens (tertiary/aromatic N) is 1. The third-order valence-corrected chi connectivity index (χ3v) is 2.59. The van der Waals surface area contributed by atoms with Crippen molar-refractivity contribution in [2.75, 3.05) is 13.7 Å². The molecule has 4 nitrogen and oxygen atoms in total. The van der Waals surface area contributed by atoms with Gasteiger partial charge in [0.2, 0.25) is 0 Å². The van der Waals surface area contributed by atoms with Crippen LogP contribution >= 0.6 is 0 Å². The van der Waals surface area contributed by atoms with Gasteiger partial charge in [0.25, 0.3) is 0 Å². The molecule has 0 aliphatic heterocycles. The number of benzene rings is 1. The van der Waals surface area contributed by atoms with Gasteiger partial charge in [-0.2, -0.15) is 0 Å². The number of guanidine groups is 1. The molecule has 0 saturated heterocycles. The second-order valence-corrected chi connectivity index (χ2v) is 5.82. The van der Waals surface area contributed by atoms with Crippen LogP contribution in [0, 0.1) is 0 Å². The Bertz CT molecular complexity index is 418. The summed E-state index contributed by atoms with van der Waals surface area (Å²) in [6.07, 6.45) is 0. The van der Waals surface area contributed by atoms with E-state index in [0.717, 1.165) is 12.5 Å². The van der Waals surface area contributed by atoms with Gasteiger partial charge in [-0.3, -0.25) is 0 Å². The van der Waals surface area contributed by atoms with Gasteiger partial charge in [-0.25, -0.2) is 4.99 Å².